The lowest BCUT2D eigenvalue weighted by molar-refractivity contribution is 0.574. The molecule has 0 amide bonds. The Bertz CT molecular complexity index is 549. The Balaban J connectivity index is 3.01. The van der Waals surface area contributed by atoms with Crippen LogP contribution in [-0.4, -0.2) is 21.0 Å². The van der Waals surface area contributed by atoms with E-state index >= 15 is 0 Å². The van der Waals surface area contributed by atoms with Crippen LogP contribution in [0, 0.1) is 11.3 Å². The number of halogens is 1. The molecule has 0 aliphatic carbocycles. The molecule has 0 aliphatic heterocycles. The SMILES string of the molecule is C[C@H](N)CNS(=O)(=O)c1ccc(C#N)c(Cl)c1. The Morgan fingerprint density at radius 3 is 2.71 bits per heavy atom. The first-order chi connectivity index (χ1) is 7.86. The van der Waals surface area contributed by atoms with Crippen molar-refractivity contribution < 1.29 is 8.42 Å². The van der Waals surface area contributed by atoms with E-state index in [2.05, 4.69) is 4.72 Å². The van der Waals surface area contributed by atoms with Gasteiger partial charge in [0.25, 0.3) is 0 Å². The molecule has 0 heterocycles. The third-order valence-electron chi connectivity index (χ3n) is 1.97. The van der Waals surface area contributed by atoms with Crippen molar-refractivity contribution in [3.8, 4) is 6.07 Å². The van der Waals surface area contributed by atoms with Gasteiger partial charge in [0, 0.05) is 12.6 Å². The van der Waals surface area contributed by atoms with E-state index in [1.165, 1.54) is 18.2 Å². The standard InChI is InChI=1S/C10H12ClN3O2S/c1-7(13)6-14-17(15,16)9-3-2-8(5-12)10(11)4-9/h2-4,7,14H,6,13H2,1H3/t7-/m0/s1. The molecule has 1 atom stereocenters. The predicted octanol–water partition coefficient (Wildman–Crippen LogP) is 0.837. The molecule has 1 rings (SSSR count). The zero-order chi connectivity index (χ0) is 13.1. The smallest absolute Gasteiger partial charge is 0.240 e. The average Bonchev–Trinajstić information content (AvgIpc) is 2.26. The number of hydrogen-bond acceptors (Lipinski definition) is 4. The van der Waals surface area contributed by atoms with Gasteiger partial charge >= 0.3 is 0 Å². The number of nitrogens with two attached hydrogens (primary N) is 1. The van der Waals surface area contributed by atoms with Crippen LogP contribution in [0.4, 0.5) is 0 Å². The summed E-state index contributed by atoms with van der Waals surface area (Å²) in [6.07, 6.45) is 0. The van der Waals surface area contributed by atoms with Crippen molar-refractivity contribution >= 4 is 21.6 Å². The van der Waals surface area contributed by atoms with E-state index in [0.717, 1.165) is 0 Å². The molecule has 0 fully saturated rings. The van der Waals surface area contributed by atoms with Crippen LogP contribution in [0.2, 0.25) is 5.02 Å². The van der Waals surface area contributed by atoms with Gasteiger partial charge in [0.1, 0.15) is 6.07 Å². The van der Waals surface area contributed by atoms with E-state index in [-0.39, 0.29) is 28.1 Å². The zero-order valence-corrected chi connectivity index (χ0v) is 10.7. The van der Waals surface area contributed by atoms with Crippen molar-refractivity contribution in [2.24, 2.45) is 5.73 Å². The summed E-state index contributed by atoms with van der Waals surface area (Å²) in [6, 6.07) is 5.51. The Morgan fingerprint density at radius 2 is 2.24 bits per heavy atom. The van der Waals surface area contributed by atoms with Crippen molar-refractivity contribution in [2.45, 2.75) is 17.9 Å². The molecule has 0 unspecified atom stereocenters. The van der Waals surface area contributed by atoms with Crippen molar-refractivity contribution in [1.82, 2.24) is 4.72 Å². The lowest BCUT2D eigenvalue weighted by Crippen LogP contribution is -2.35. The number of hydrogen-bond donors (Lipinski definition) is 2. The summed E-state index contributed by atoms with van der Waals surface area (Å²) in [5.74, 6) is 0. The number of nitrogens with one attached hydrogen (secondary N) is 1. The van der Waals surface area contributed by atoms with Crippen molar-refractivity contribution in [3.05, 3.63) is 28.8 Å². The second-order valence-electron chi connectivity index (χ2n) is 3.58. The maximum Gasteiger partial charge on any atom is 0.240 e. The summed E-state index contributed by atoms with van der Waals surface area (Å²) >= 11 is 5.76. The number of benzene rings is 1. The van der Waals surface area contributed by atoms with Crippen LogP contribution in [0.25, 0.3) is 0 Å². The van der Waals surface area contributed by atoms with Gasteiger partial charge in [0.15, 0.2) is 0 Å². The fourth-order valence-corrected chi connectivity index (χ4v) is 2.53. The second kappa shape index (κ2) is 5.47. The Hall–Kier alpha value is -1.13. The van der Waals surface area contributed by atoms with Crippen LogP contribution < -0.4 is 10.5 Å². The molecule has 1 aromatic carbocycles. The second-order valence-corrected chi connectivity index (χ2v) is 5.76. The summed E-state index contributed by atoms with van der Waals surface area (Å²) in [4.78, 5) is 0.0159. The van der Waals surface area contributed by atoms with Gasteiger partial charge in [-0.1, -0.05) is 11.6 Å². The van der Waals surface area contributed by atoms with Gasteiger partial charge in [-0.25, -0.2) is 13.1 Å². The van der Waals surface area contributed by atoms with Crippen LogP contribution >= 0.6 is 11.6 Å². The third-order valence-corrected chi connectivity index (χ3v) is 3.70. The monoisotopic (exact) mass is 273 g/mol. The minimum absolute atomic E-state index is 0.0159. The summed E-state index contributed by atoms with van der Waals surface area (Å²) in [5, 5.41) is 8.78. The molecule has 1 aromatic rings. The molecule has 0 aromatic heterocycles. The topological polar surface area (TPSA) is 96.0 Å². The fraction of sp³-hybridized carbons (Fsp3) is 0.300. The maximum absolute atomic E-state index is 11.8. The average molecular weight is 274 g/mol. The van der Waals surface area contributed by atoms with E-state index in [1.807, 2.05) is 6.07 Å². The van der Waals surface area contributed by atoms with E-state index in [4.69, 9.17) is 22.6 Å². The first-order valence-electron chi connectivity index (χ1n) is 4.81. The van der Waals surface area contributed by atoms with Gasteiger partial charge in [-0.15, -0.1) is 0 Å². The summed E-state index contributed by atoms with van der Waals surface area (Å²) in [6.45, 7) is 1.83. The quantitative estimate of drug-likeness (QED) is 0.849. The molecule has 0 spiro atoms. The molecule has 3 N–H and O–H groups in total. The zero-order valence-electron chi connectivity index (χ0n) is 9.14. The molecular weight excluding hydrogens is 262 g/mol. The predicted molar refractivity (Wildman–Crippen MR) is 65.0 cm³/mol. The normalized spacial score (nSPS) is 13.1. The minimum Gasteiger partial charge on any atom is -0.327 e. The molecule has 0 bridgehead atoms. The fourth-order valence-electron chi connectivity index (χ4n) is 1.08. The van der Waals surface area contributed by atoms with Gasteiger partial charge in [-0.05, 0) is 25.1 Å². The first kappa shape index (κ1) is 13.9. The van der Waals surface area contributed by atoms with E-state index in [0.29, 0.717) is 0 Å². The Labute approximate surface area is 105 Å². The van der Waals surface area contributed by atoms with Gasteiger partial charge < -0.3 is 5.73 Å². The van der Waals surface area contributed by atoms with E-state index in [9.17, 15) is 8.42 Å². The summed E-state index contributed by atoms with van der Waals surface area (Å²) in [7, 11) is -3.63. The Kier molecular flexibility index (Phi) is 4.48. The number of nitriles is 1. The van der Waals surface area contributed by atoms with Gasteiger partial charge in [0.05, 0.1) is 15.5 Å². The highest BCUT2D eigenvalue weighted by Gasteiger charge is 2.15. The minimum atomic E-state index is -3.63. The molecule has 92 valence electrons. The van der Waals surface area contributed by atoms with Crippen LogP contribution in [0.5, 0.6) is 0 Å². The molecule has 0 aliphatic rings. The highest BCUT2D eigenvalue weighted by Crippen LogP contribution is 2.19. The number of sulfonamides is 1. The number of nitrogens with zero attached hydrogens (tertiary/aromatic N) is 1. The van der Waals surface area contributed by atoms with E-state index in [1.54, 1.807) is 6.92 Å². The lowest BCUT2D eigenvalue weighted by Gasteiger charge is -2.09. The largest absolute Gasteiger partial charge is 0.327 e. The Morgan fingerprint density at radius 1 is 1.59 bits per heavy atom. The third kappa shape index (κ3) is 3.68. The van der Waals surface area contributed by atoms with E-state index < -0.39 is 10.0 Å². The summed E-state index contributed by atoms with van der Waals surface area (Å²) < 4.78 is 25.9. The molecule has 7 heteroatoms. The van der Waals surface area contributed by atoms with Crippen molar-refractivity contribution in [3.63, 3.8) is 0 Å². The number of rotatable bonds is 4. The van der Waals surface area contributed by atoms with Crippen LogP contribution in [-0.2, 0) is 10.0 Å². The van der Waals surface area contributed by atoms with Crippen LogP contribution in [0.3, 0.4) is 0 Å². The summed E-state index contributed by atoms with van der Waals surface area (Å²) in [5.41, 5.74) is 5.69. The molecule has 0 radical (unpaired) electrons. The molecular formula is C10H12ClN3O2S. The highest BCUT2D eigenvalue weighted by atomic mass is 35.5. The molecule has 0 saturated carbocycles. The van der Waals surface area contributed by atoms with Gasteiger partial charge in [0.2, 0.25) is 10.0 Å². The molecule has 0 saturated heterocycles. The molecule has 17 heavy (non-hydrogen) atoms. The van der Waals surface area contributed by atoms with Crippen LogP contribution in [0.1, 0.15) is 12.5 Å². The van der Waals surface area contributed by atoms with Gasteiger partial charge in [-0.2, -0.15) is 5.26 Å². The lowest BCUT2D eigenvalue weighted by atomic mass is 10.2. The van der Waals surface area contributed by atoms with Crippen molar-refractivity contribution in [2.75, 3.05) is 6.54 Å². The first-order valence-corrected chi connectivity index (χ1v) is 6.68. The van der Waals surface area contributed by atoms with Gasteiger partial charge in [-0.3, -0.25) is 0 Å². The molecule has 5 nitrogen and oxygen atoms in total. The maximum atomic E-state index is 11.8. The van der Waals surface area contributed by atoms with Crippen molar-refractivity contribution in [1.29, 1.82) is 5.26 Å². The van der Waals surface area contributed by atoms with Crippen LogP contribution in [0.15, 0.2) is 23.1 Å². The highest BCUT2D eigenvalue weighted by molar-refractivity contribution is 7.89.